The number of hydrogen-bond acceptors (Lipinski definition) is 3. The van der Waals surface area contributed by atoms with E-state index >= 15 is 0 Å². The molecule has 1 heterocycles. The highest BCUT2D eigenvalue weighted by molar-refractivity contribution is 5.26. The van der Waals surface area contributed by atoms with Crippen LogP contribution in [-0.2, 0) is 6.54 Å². The summed E-state index contributed by atoms with van der Waals surface area (Å²) < 4.78 is 14.1. The Kier molecular flexibility index (Phi) is 3.95. The van der Waals surface area contributed by atoms with Gasteiger partial charge in [0.05, 0.1) is 6.67 Å². The second-order valence-corrected chi connectivity index (χ2v) is 6.28. The normalized spacial score (nSPS) is 21.8. The van der Waals surface area contributed by atoms with Crippen LogP contribution in [0.15, 0.2) is 18.2 Å². The van der Waals surface area contributed by atoms with Crippen molar-refractivity contribution < 1.29 is 4.39 Å². The van der Waals surface area contributed by atoms with Crippen molar-refractivity contribution in [2.45, 2.75) is 38.9 Å². The Morgan fingerprint density at radius 3 is 2.58 bits per heavy atom. The fourth-order valence-corrected chi connectivity index (χ4v) is 2.53. The van der Waals surface area contributed by atoms with Crippen molar-refractivity contribution in [3.05, 3.63) is 35.1 Å². The van der Waals surface area contributed by atoms with Gasteiger partial charge >= 0.3 is 0 Å². The van der Waals surface area contributed by atoms with Crippen LogP contribution >= 0.6 is 0 Å². The van der Waals surface area contributed by atoms with E-state index in [-0.39, 0.29) is 17.4 Å². The maximum Gasteiger partial charge on any atom is 0.128 e. The van der Waals surface area contributed by atoms with Gasteiger partial charge in [0.2, 0.25) is 0 Å². The Bertz CT molecular complexity index is 457. The van der Waals surface area contributed by atoms with Crippen LogP contribution < -0.4 is 5.73 Å². The minimum absolute atomic E-state index is 0.125. The van der Waals surface area contributed by atoms with E-state index in [2.05, 4.69) is 30.7 Å². The van der Waals surface area contributed by atoms with Crippen molar-refractivity contribution in [1.29, 1.82) is 0 Å². The Morgan fingerprint density at radius 2 is 2.11 bits per heavy atom. The van der Waals surface area contributed by atoms with Crippen LogP contribution in [0.2, 0.25) is 0 Å². The lowest BCUT2D eigenvalue weighted by molar-refractivity contribution is 0.217. The first-order valence-electron chi connectivity index (χ1n) is 6.77. The molecule has 0 radical (unpaired) electrons. The summed E-state index contributed by atoms with van der Waals surface area (Å²) in [4.78, 5) is 4.56. The molecule has 0 aliphatic carbocycles. The third-order valence-electron chi connectivity index (χ3n) is 4.05. The van der Waals surface area contributed by atoms with Crippen molar-refractivity contribution in [3.8, 4) is 0 Å². The van der Waals surface area contributed by atoms with Crippen LogP contribution in [0.5, 0.6) is 0 Å². The number of benzene rings is 1. The SMILES string of the molecule is CC(N)c1ccc(CN2CN(C)C(C)(C)C2)c(F)c1. The minimum atomic E-state index is -0.151. The Labute approximate surface area is 115 Å². The summed E-state index contributed by atoms with van der Waals surface area (Å²) in [6, 6.07) is 5.22. The molecule has 0 aromatic heterocycles. The van der Waals surface area contributed by atoms with Gasteiger partial charge in [-0.15, -0.1) is 0 Å². The molecule has 2 N–H and O–H groups in total. The summed E-state index contributed by atoms with van der Waals surface area (Å²) in [5.41, 5.74) is 7.51. The lowest BCUT2D eigenvalue weighted by Gasteiger charge is -2.25. The molecular formula is C15H24FN3. The molecule has 2 rings (SSSR count). The molecule has 1 aliphatic heterocycles. The fourth-order valence-electron chi connectivity index (χ4n) is 2.53. The van der Waals surface area contributed by atoms with Gasteiger partial charge < -0.3 is 5.73 Å². The van der Waals surface area contributed by atoms with Gasteiger partial charge in [-0.05, 0) is 39.4 Å². The van der Waals surface area contributed by atoms with Gasteiger partial charge in [-0.1, -0.05) is 12.1 Å². The largest absolute Gasteiger partial charge is 0.324 e. The molecule has 0 amide bonds. The first-order valence-corrected chi connectivity index (χ1v) is 6.77. The second-order valence-electron chi connectivity index (χ2n) is 6.28. The average Bonchev–Trinajstić information content (AvgIpc) is 2.55. The van der Waals surface area contributed by atoms with Gasteiger partial charge in [-0.3, -0.25) is 9.80 Å². The van der Waals surface area contributed by atoms with E-state index in [1.54, 1.807) is 6.07 Å². The highest BCUT2D eigenvalue weighted by Gasteiger charge is 2.34. The average molecular weight is 265 g/mol. The molecule has 19 heavy (non-hydrogen) atoms. The quantitative estimate of drug-likeness (QED) is 0.910. The number of likely N-dealkylation sites (N-methyl/N-ethyl adjacent to an activating group) is 1. The van der Waals surface area contributed by atoms with Gasteiger partial charge in [0.15, 0.2) is 0 Å². The predicted octanol–water partition coefficient (Wildman–Crippen LogP) is 2.33. The predicted molar refractivity (Wildman–Crippen MR) is 76.1 cm³/mol. The van der Waals surface area contributed by atoms with Crippen molar-refractivity contribution in [1.82, 2.24) is 9.80 Å². The second kappa shape index (κ2) is 5.19. The number of nitrogens with two attached hydrogens (primary N) is 1. The van der Waals surface area contributed by atoms with Gasteiger partial charge in [-0.25, -0.2) is 4.39 Å². The molecular weight excluding hydrogens is 241 g/mol. The van der Waals surface area contributed by atoms with Crippen LogP contribution in [0.4, 0.5) is 4.39 Å². The maximum atomic E-state index is 14.1. The van der Waals surface area contributed by atoms with Gasteiger partial charge in [-0.2, -0.15) is 0 Å². The molecule has 106 valence electrons. The van der Waals surface area contributed by atoms with E-state index < -0.39 is 0 Å². The maximum absolute atomic E-state index is 14.1. The Morgan fingerprint density at radius 1 is 1.42 bits per heavy atom. The molecule has 0 spiro atoms. The van der Waals surface area contributed by atoms with Crippen LogP contribution in [0.25, 0.3) is 0 Å². The summed E-state index contributed by atoms with van der Waals surface area (Å²) in [7, 11) is 2.11. The molecule has 1 atom stereocenters. The molecule has 3 nitrogen and oxygen atoms in total. The zero-order valence-electron chi connectivity index (χ0n) is 12.3. The van der Waals surface area contributed by atoms with Crippen molar-refractivity contribution in [3.63, 3.8) is 0 Å². The highest BCUT2D eigenvalue weighted by Crippen LogP contribution is 2.24. The zero-order valence-corrected chi connectivity index (χ0v) is 12.3. The minimum Gasteiger partial charge on any atom is -0.324 e. The topological polar surface area (TPSA) is 32.5 Å². The van der Waals surface area contributed by atoms with E-state index in [0.29, 0.717) is 6.54 Å². The molecule has 1 fully saturated rings. The van der Waals surface area contributed by atoms with Crippen molar-refractivity contribution in [2.75, 3.05) is 20.3 Å². The van der Waals surface area contributed by atoms with Gasteiger partial charge in [0, 0.05) is 30.2 Å². The molecule has 4 heteroatoms. The number of halogens is 1. The Balaban J connectivity index is 2.09. The lowest BCUT2D eigenvalue weighted by Crippen LogP contribution is -2.36. The molecule has 1 unspecified atom stereocenters. The first-order chi connectivity index (χ1) is 8.79. The monoisotopic (exact) mass is 265 g/mol. The molecule has 1 aromatic rings. The first kappa shape index (κ1) is 14.4. The van der Waals surface area contributed by atoms with Crippen LogP contribution in [0.1, 0.15) is 37.9 Å². The van der Waals surface area contributed by atoms with E-state index in [1.807, 2.05) is 19.1 Å². The van der Waals surface area contributed by atoms with E-state index in [1.165, 1.54) is 0 Å². The van der Waals surface area contributed by atoms with Crippen LogP contribution in [0.3, 0.4) is 0 Å². The molecule has 0 saturated carbocycles. The lowest BCUT2D eigenvalue weighted by atomic mass is 10.0. The standard InChI is InChI=1S/C15H24FN3/c1-11(17)12-5-6-13(14(16)7-12)8-19-9-15(2,3)18(4)10-19/h5-7,11H,8-10,17H2,1-4H3. The van der Waals surface area contributed by atoms with E-state index in [0.717, 1.165) is 24.3 Å². The van der Waals surface area contributed by atoms with Crippen molar-refractivity contribution >= 4 is 0 Å². The summed E-state index contributed by atoms with van der Waals surface area (Å²) in [6.45, 7) is 8.77. The summed E-state index contributed by atoms with van der Waals surface area (Å²) in [5, 5.41) is 0. The van der Waals surface area contributed by atoms with Crippen molar-refractivity contribution in [2.24, 2.45) is 5.73 Å². The summed E-state index contributed by atoms with van der Waals surface area (Å²) in [6.07, 6.45) is 0. The molecule has 1 aliphatic rings. The summed E-state index contributed by atoms with van der Waals surface area (Å²) in [5.74, 6) is -0.151. The summed E-state index contributed by atoms with van der Waals surface area (Å²) >= 11 is 0. The van der Waals surface area contributed by atoms with Crippen LogP contribution in [-0.4, -0.2) is 35.6 Å². The smallest absolute Gasteiger partial charge is 0.128 e. The third-order valence-corrected chi connectivity index (χ3v) is 4.05. The number of rotatable bonds is 3. The number of nitrogens with zero attached hydrogens (tertiary/aromatic N) is 2. The molecule has 0 bridgehead atoms. The third kappa shape index (κ3) is 3.14. The molecule has 1 aromatic carbocycles. The number of hydrogen-bond donors (Lipinski definition) is 1. The Hall–Kier alpha value is -0.970. The van der Waals surface area contributed by atoms with Gasteiger partial charge in [0.1, 0.15) is 5.82 Å². The van der Waals surface area contributed by atoms with E-state index in [4.69, 9.17) is 5.73 Å². The fraction of sp³-hybridized carbons (Fsp3) is 0.600. The highest BCUT2D eigenvalue weighted by atomic mass is 19.1. The van der Waals surface area contributed by atoms with E-state index in [9.17, 15) is 4.39 Å². The zero-order chi connectivity index (χ0) is 14.2. The van der Waals surface area contributed by atoms with Gasteiger partial charge in [0.25, 0.3) is 0 Å². The van der Waals surface area contributed by atoms with Crippen LogP contribution in [0, 0.1) is 5.82 Å². The molecule has 1 saturated heterocycles.